The highest BCUT2D eigenvalue weighted by Gasteiger charge is 2.35. The lowest BCUT2D eigenvalue weighted by atomic mass is 9.95. The molecule has 2 aliphatic rings. The molecule has 2 N–H and O–H groups in total. The Morgan fingerprint density at radius 3 is 2.92 bits per heavy atom. The molecule has 126 valence electrons. The molecule has 0 fully saturated rings. The fourth-order valence-electron chi connectivity index (χ4n) is 3.28. The maximum atomic E-state index is 13.0. The van der Waals surface area contributed by atoms with Crippen LogP contribution in [0.5, 0.6) is 0 Å². The number of hydrogen-bond acceptors (Lipinski definition) is 5. The predicted molar refractivity (Wildman–Crippen MR) is 88.0 cm³/mol. The first-order valence-corrected chi connectivity index (χ1v) is 8.33. The molecule has 0 aromatic carbocycles. The highest BCUT2D eigenvalue weighted by Crippen LogP contribution is 2.28. The summed E-state index contributed by atoms with van der Waals surface area (Å²) < 4.78 is 0. The molecule has 7 heteroatoms. The lowest BCUT2D eigenvalue weighted by Crippen LogP contribution is -2.42. The van der Waals surface area contributed by atoms with Gasteiger partial charge in [-0.1, -0.05) is 20.8 Å². The number of fused-ring (bicyclic) bond motifs is 2. The van der Waals surface area contributed by atoms with E-state index in [0.717, 1.165) is 41.4 Å². The Kier molecular flexibility index (Phi) is 3.42. The molecule has 1 amide bonds. The summed E-state index contributed by atoms with van der Waals surface area (Å²) in [6.45, 7) is 8.17. The summed E-state index contributed by atoms with van der Waals surface area (Å²) in [5.41, 5.74) is 3.78. The minimum atomic E-state index is -0.371. The quantitative estimate of drug-likeness (QED) is 0.823. The van der Waals surface area contributed by atoms with Crippen LogP contribution in [0.4, 0.5) is 0 Å². The number of aromatic amines is 1. The summed E-state index contributed by atoms with van der Waals surface area (Å²) in [5, 5.41) is 3.29. The number of rotatable bonds is 1. The molecule has 0 spiro atoms. The van der Waals surface area contributed by atoms with Crippen molar-refractivity contribution in [2.75, 3.05) is 6.54 Å². The van der Waals surface area contributed by atoms with Gasteiger partial charge in [-0.05, 0) is 0 Å². The van der Waals surface area contributed by atoms with Gasteiger partial charge in [0.05, 0.1) is 24.3 Å². The van der Waals surface area contributed by atoms with Crippen molar-refractivity contribution in [2.24, 2.45) is 0 Å². The highest BCUT2D eigenvalue weighted by molar-refractivity contribution is 5.83. The van der Waals surface area contributed by atoms with Crippen molar-refractivity contribution in [2.45, 2.75) is 51.7 Å². The van der Waals surface area contributed by atoms with Crippen molar-refractivity contribution in [1.82, 2.24) is 30.2 Å². The molecule has 0 saturated heterocycles. The third-order valence-corrected chi connectivity index (χ3v) is 4.63. The van der Waals surface area contributed by atoms with Crippen LogP contribution < -0.4 is 5.32 Å². The number of imidazole rings is 1. The van der Waals surface area contributed by atoms with E-state index in [-0.39, 0.29) is 17.4 Å². The van der Waals surface area contributed by atoms with Crippen LogP contribution in [0.2, 0.25) is 0 Å². The molecule has 0 bridgehead atoms. The molecule has 4 heterocycles. The van der Waals surface area contributed by atoms with E-state index in [1.165, 1.54) is 0 Å². The molecule has 1 atom stereocenters. The molecular formula is C17H22N6O. The molecule has 2 aliphatic heterocycles. The second kappa shape index (κ2) is 5.37. The van der Waals surface area contributed by atoms with Crippen molar-refractivity contribution in [3.8, 4) is 0 Å². The lowest BCUT2D eigenvalue weighted by molar-refractivity contribution is -0.134. The van der Waals surface area contributed by atoms with Crippen molar-refractivity contribution in [1.29, 1.82) is 0 Å². The monoisotopic (exact) mass is 326 g/mol. The van der Waals surface area contributed by atoms with Crippen LogP contribution in [0.1, 0.15) is 55.3 Å². The highest BCUT2D eigenvalue weighted by atomic mass is 16.2. The van der Waals surface area contributed by atoms with E-state index in [4.69, 9.17) is 0 Å². The average molecular weight is 326 g/mol. The van der Waals surface area contributed by atoms with Crippen molar-refractivity contribution in [3.05, 3.63) is 41.0 Å². The van der Waals surface area contributed by atoms with Crippen LogP contribution in [-0.4, -0.2) is 37.3 Å². The Hall–Kier alpha value is -2.28. The molecule has 2 aromatic heterocycles. The maximum absolute atomic E-state index is 13.0. The molecule has 7 nitrogen and oxygen atoms in total. The minimum absolute atomic E-state index is 0.0540. The summed E-state index contributed by atoms with van der Waals surface area (Å²) >= 11 is 0. The molecule has 0 unspecified atom stereocenters. The number of carbonyl (C=O) groups is 1. The van der Waals surface area contributed by atoms with Crippen LogP contribution in [0, 0.1) is 0 Å². The first-order valence-electron chi connectivity index (χ1n) is 8.33. The molecule has 0 aliphatic carbocycles. The molecule has 2 aromatic rings. The standard InChI is InChI=1S/C17H22N6O/c1-17(2,3)16-19-6-10-7-23(8-12(10)22-16)15(24)14-13-11(4-5-18-14)20-9-21-13/h6,9,14,18H,4-5,7-8H2,1-3H3,(H,20,21)/t14-/m1/s1. The van der Waals surface area contributed by atoms with Crippen molar-refractivity contribution >= 4 is 5.91 Å². The van der Waals surface area contributed by atoms with Gasteiger partial charge in [-0.15, -0.1) is 0 Å². The van der Waals surface area contributed by atoms with Gasteiger partial charge in [0.2, 0.25) is 5.91 Å². The van der Waals surface area contributed by atoms with Gasteiger partial charge in [0.1, 0.15) is 11.9 Å². The van der Waals surface area contributed by atoms with E-state index in [2.05, 4.69) is 46.0 Å². The summed E-state index contributed by atoms with van der Waals surface area (Å²) in [4.78, 5) is 31.4. The Balaban J connectivity index is 1.56. The Morgan fingerprint density at radius 1 is 1.29 bits per heavy atom. The Labute approximate surface area is 140 Å². The normalized spacial score (nSPS) is 20.0. The molecule has 24 heavy (non-hydrogen) atoms. The molecule has 0 saturated carbocycles. The number of hydrogen-bond donors (Lipinski definition) is 2. The topological polar surface area (TPSA) is 86.8 Å². The third kappa shape index (κ3) is 2.49. The number of nitrogens with zero attached hydrogens (tertiary/aromatic N) is 4. The molecular weight excluding hydrogens is 304 g/mol. The summed E-state index contributed by atoms with van der Waals surface area (Å²) in [6, 6.07) is -0.371. The zero-order valence-corrected chi connectivity index (χ0v) is 14.3. The van der Waals surface area contributed by atoms with E-state index in [0.29, 0.717) is 13.1 Å². The van der Waals surface area contributed by atoms with Gasteiger partial charge < -0.3 is 15.2 Å². The van der Waals surface area contributed by atoms with Gasteiger partial charge in [-0.2, -0.15) is 0 Å². The smallest absolute Gasteiger partial charge is 0.246 e. The lowest BCUT2D eigenvalue weighted by Gasteiger charge is -2.26. The number of nitrogens with one attached hydrogen (secondary N) is 2. The first-order chi connectivity index (χ1) is 11.4. The zero-order chi connectivity index (χ0) is 16.9. The number of carbonyl (C=O) groups excluding carboxylic acids is 1. The van der Waals surface area contributed by atoms with Crippen molar-refractivity contribution < 1.29 is 4.79 Å². The largest absolute Gasteiger partial charge is 0.348 e. The maximum Gasteiger partial charge on any atom is 0.246 e. The van der Waals surface area contributed by atoms with Gasteiger partial charge in [-0.25, -0.2) is 15.0 Å². The van der Waals surface area contributed by atoms with Crippen LogP contribution in [0.15, 0.2) is 12.5 Å². The van der Waals surface area contributed by atoms with E-state index in [9.17, 15) is 4.79 Å². The van der Waals surface area contributed by atoms with Gasteiger partial charge in [0.15, 0.2) is 0 Å². The first kappa shape index (κ1) is 15.3. The summed E-state index contributed by atoms with van der Waals surface area (Å²) in [6.07, 6.45) is 4.40. The van der Waals surface area contributed by atoms with Crippen LogP contribution in [0.3, 0.4) is 0 Å². The van der Waals surface area contributed by atoms with Crippen LogP contribution in [0.25, 0.3) is 0 Å². The summed E-state index contributed by atoms with van der Waals surface area (Å²) in [5.74, 6) is 0.874. The molecule has 4 rings (SSSR count). The van der Waals surface area contributed by atoms with E-state index in [1.54, 1.807) is 6.33 Å². The van der Waals surface area contributed by atoms with Gasteiger partial charge >= 0.3 is 0 Å². The molecule has 0 radical (unpaired) electrons. The fraction of sp³-hybridized carbons (Fsp3) is 0.529. The van der Waals surface area contributed by atoms with Gasteiger partial charge in [0, 0.05) is 42.4 Å². The van der Waals surface area contributed by atoms with Crippen molar-refractivity contribution in [3.63, 3.8) is 0 Å². The van der Waals surface area contributed by atoms with E-state index < -0.39 is 0 Å². The van der Waals surface area contributed by atoms with Gasteiger partial charge in [0.25, 0.3) is 0 Å². The predicted octanol–water partition coefficient (Wildman–Crippen LogP) is 1.23. The van der Waals surface area contributed by atoms with Crippen LogP contribution >= 0.6 is 0 Å². The SMILES string of the molecule is CC(C)(C)c1ncc2c(n1)CN(C(=O)[C@@H]1NCCc3[nH]cnc31)C2. The van der Waals surface area contributed by atoms with E-state index >= 15 is 0 Å². The summed E-state index contributed by atoms with van der Waals surface area (Å²) in [7, 11) is 0. The second-order valence-electron chi connectivity index (χ2n) is 7.51. The van der Waals surface area contributed by atoms with Crippen LogP contribution in [-0.2, 0) is 29.7 Å². The zero-order valence-electron chi connectivity index (χ0n) is 14.3. The fourth-order valence-corrected chi connectivity index (χ4v) is 3.28. The Bertz CT molecular complexity index is 791. The number of aromatic nitrogens is 4. The Morgan fingerprint density at radius 2 is 2.12 bits per heavy atom. The average Bonchev–Trinajstić information content (AvgIpc) is 3.18. The number of H-pyrrole nitrogens is 1. The van der Waals surface area contributed by atoms with Gasteiger partial charge in [-0.3, -0.25) is 4.79 Å². The second-order valence-corrected chi connectivity index (χ2v) is 7.51. The van der Waals surface area contributed by atoms with E-state index in [1.807, 2.05) is 11.1 Å². The minimum Gasteiger partial charge on any atom is -0.348 e. The number of amides is 1. The third-order valence-electron chi connectivity index (χ3n) is 4.63.